The lowest BCUT2D eigenvalue weighted by Crippen LogP contribution is -2.42. The molecular formula is C21H21N3O3S. The van der Waals surface area contributed by atoms with Crippen molar-refractivity contribution in [1.82, 2.24) is 16.2 Å². The first-order valence-corrected chi connectivity index (χ1v) is 9.92. The molecule has 144 valence electrons. The Kier molecular flexibility index (Phi) is 6.75. The molecule has 7 heteroatoms. The van der Waals surface area contributed by atoms with Gasteiger partial charge in [-0.2, -0.15) is 11.3 Å². The number of rotatable bonds is 7. The fourth-order valence-electron chi connectivity index (χ4n) is 2.81. The van der Waals surface area contributed by atoms with Crippen LogP contribution in [0.2, 0.25) is 0 Å². The minimum Gasteiger partial charge on any atom is -0.352 e. The van der Waals surface area contributed by atoms with Crippen molar-refractivity contribution in [2.45, 2.75) is 19.3 Å². The molecule has 28 heavy (non-hydrogen) atoms. The molecule has 0 saturated heterocycles. The van der Waals surface area contributed by atoms with E-state index in [1.54, 1.807) is 11.4 Å². The maximum absolute atomic E-state index is 12.1. The molecule has 0 aliphatic carbocycles. The molecule has 0 aliphatic heterocycles. The molecule has 3 N–H and O–H groups in total. The van der Waals surface area contributed by atoms with E-state index in [1.807, 2.05) is 47.8 Å². The first-order chi connectivity index (χ1) is 13.6. The molecule has 1 aromatic heterocycles. The van der Waals surface area contributed by atoms with Gasteiger partial charge in [-0.3, -0.25) is 25.2 Å². The third-order valence-electron chi connectivity index (χ3n) is 4.22. The summed E-state index contributed by atoms with van der Waals surface area (Å²) < 4.78 is 0. The number of nitrogens with one attached hydrogen (secondary N) is 3. The van der Waals surface area contributed by atoms with Crippen molar-refractivity contribution in [1.29, 1.82) is 0 Å². The maximum Gasteiger partial charge on any atom is 0.252 e. The van der Waals surface area contributed by atoms with Gasteiger partial charge in [-0.15, -0.1) is 0 Å². The Labute approximate surface area is 166 Å². The van der Waals surface area contributed by atoms with Crippen molar-refractivity contribution >= 4 is 39.8 Å². The topological polar surface area (TPSA) is 87.3 Å². The summed E-state index contributed by atoms with van der Waals surface area (Å²) in [4.78, 5) is 35.7. The van der Waals surface area contributed by atoms with Gasteiger partial charge in [0.2, 0.25) is 11.8 Å². The number of fused-ring (bicyclic) bond motifs is 1. The normalized spacial score (nSPS) is 10.4. The van der Waals surface area contributed by atoms with Crippen LogP contribution in [0.25, 0.3) is 10.8 Å². The average Bonchev–Trinajstić information content (AvgIpc) is 3.25. The van der Waals surface area contributed by atoms with E-state index in [0.29, 0.717) is 18.5 Å². The molecule has 3 aromatic rings. The van der Waals surface area contributed by atoms with Gasteiger partial charge in [0.05, 0.1) is 6.42 Å². The summed E-state index contributed by atoms with van der Waals surface area (Å²) >= 11 is 1.46. The third kappa shape index (κ3) is 5.40. The molecular weight excluding hydrogens is 374 g/mol. The lowest BCUT2D eigenvalue weighted by atomic mass is 10.0. The summed E-state index contributed by atoms with van der Waals surface area (Å²) in [5.74, 6) is -0.725. The zero-order valence-corrected chi connectivity index (χ0v) is 16.1. The molecule has 0 saturated carbocycles. The van der Waals surface area contributed by atoms with E-state index in [1.165, 1.54) is 11.3 Å². The number of hydrazine groups is 1. The Morgan fingerprint density at radius 1 is 0.893 bits per heavy atom. The van der Waals surface area contributed by atoms with Gasteiger partial charge in [-0.05, 0) is 34.2 Å². The third-order valence-corrected chi connectivity index (χ3v) is 4.91. The smallest absolute Gasteiger partial charge is 0.252 e. The minimum atomic E-state index is -0.295. The van der Waals surface area contributed by atoms with Crippen LogP contribution in [0.4, 0.5) is 0 Å². The van der Waals surface area contributed by atoms with Gasteiger partial charge < -0.3 is 5.32 Å². The average molecular weight is 395 g/mol. The van der Waals surface area contributed by atoms with E-state index in [0.717, 1.165) is 16.3 Å². The molecule has 0 fully saturated rings. The molecule has 6 nitrogen and oxygen atoms in total. The number of thiophene rings is 1. The summed E-state index contributed by atoms with van der Waals surface area (Å²) in [5, 5.41) is 8.46. The highest BCUT2D eigenvalue weighted by Gasteiger charge is 2.09. The van der Waals surface area contributed by atoms with Crippen LogP contribution in [-0.2, 0) is 16.0 Å². The highest BCUT2D eigenvalue weighted by atomic mass is 32.1. The van der Waals surface area contributed by atoms with Crippen LogP contribution in [0.3, 0.4) is 0 Å². The summed E-state index contributed by atoms with van der Waals surface area (Å²) in [6, 6.07) is 15.4. The lowest BCUT2D eigenvalue weighted by Gasteiger charge is -2.09. The van der Waals surface area contributed by atoms with Crippen molar-refractivity contribution < 1.29 is 14.4 Å². The van der Waals surface area contributed by atoms with Gasteiger partial charge in [-0.25, -0.2) is 0 Å². The van der Waals surface area contributed by atoms with Crippen molar-refractivity contribution in [2.75, 3.05) is 6.54 Å². The molecule has 0 atom stereocenters. The molecule has 0 bridgehead atoms. The molecule has 0 aliphatic rings. The Bertz CT molecular complexity index is 965. The van der Waals surface area contributed by atoms with Crippen molar-refractivity contribution in [2.24, 2.45) is 0 Å². The van der Waals surface area contributed by atoms with Gasteiger partial charge in [0, 0.05) is 23.9 Å². The number of carbonyl (C=O) groups excluding carboxylic acids is 3. The van der Waals surface area contributed by atoms with Crippen LogP contribution in [-0.4, -0.2) is 24.3 Å². The van der Waals surface area contributed by atoms with E-state index < -0.39 is 0 Å². The Morgan fingerprint density at radius 2 is 1.68 bits per heavy atom. The lowest BCUT2D eigenvalue weighted by molar-refractivity contribution is -0.128. The highest BCUT2D eigenvalue weighted by molar-refractivity contribution is 7.08. The Morgan fingerprint density at radius 3 is 2.50 bits per heavy atom. The monoisotopic (exact) mass is 395 g/mol. The summed E-state index contributed by atoms with van der Waals surface area (Å²) in [6.07, 6.45) is 0.873. The largest absolute Gasteiger partial charge is 0.352 e. The minimum absolute atomic E-state index is 0.148. The number of benzene rings is 2. The van der Waals surface area contributed by atoms with Crippen LogP contribution < -0.4 is 16.2 Å². The zero-order chi connectivity index (χ0) is 19.8. The summed E-state index contributed by atoms with van der Waals surface area (Å²) in [5.41, 5.74) is 6.38. The van der Waals surface area contributed by atoms with Crippen LogP contribution in [0.1, 0.15) is 28.8 Å². The van der Waals surface area contributed by atoms with Gasteiger partial charge in [0.15, 0.2) is 0 Å². The quantitative estimate of drug-likeness (QED) is 0.425. The number of hydrogen-bond acceptors (Lipinski definition) is 4. The van der Waals surface area contributed by atoms with E-state index in [9.17, 15) is 14.4 Å². The van der Waals surface area contributed by atoms with Crippen LogP contribution >= 0.6 is 11.3 Å². The Balaban J connectivity index is 1.37. The standard InChI is InChI=1S/C21H21N3O3S/c25-19(9-4-11-22-21(27)17-10-12-28-14-17)23-24-20(26)13-16-7-3-6-15-5-1-2-8-18(15)16/h1-3,5-8,10,12,14H,4,9,11,13H2,(H,22,27)(H,23,25)(H,24,26). The SMILES string of the molecule is O=C(CCCNC(=O)c1ccsc1)NNC(=O)Cc1cccc2ccccc12. The number of amides is 3. The van der Waals surface area contributed by atoms with E-state index in [2.05, 4.69) is 16.2 Å². The van der Waals surface area contributed by atoms with E-state index in [-0.39, 0.29) is 30.6 Å². The van der Waals surface area contributed by atoms with Gasteiger partial charge >= 0.3 is 0 Å². The fourth-order valence-corrected chi connectivity index (χ4v) is 3.45. The maximum atomic E-state index is 12.1. The molecule has 0 unspecified atom stereocenters. The second-order valence-corrected chi connectivity index (χ2v) is 7.06. The molecule has 2 aromatic carbocycles. The Hall–Kier alpha value is -3.19. The van der Waals surface area contributed by atoms with Crippen LogP contribution in [0, 0.1) is 0 Å². The molecule has 1 heterocycles. The fraction of sp³-hybridized carbons (Fsp3) is 0.190. The first-order valence-electron chi connectivity index (χ1n) is 8.98. The van der Waals surface area contributed by atoms with E-state index in [4.69, 9.17) is 0 Å². The van der Waals surface area contributed by atoms with Crippen molar-refractivity contribution in [3.8, 4) is 0 Å². The molecule has 3 amide bonds. The molecule has 3 rings (SSSR count). The number of carbonyl (C=O) groups is 3. The highest BCUT2D eigenvalue weighted by Crippen LogP contribution is 2.18. The van der Waals surface area contributed by atoms with Gasteiger partial charge in [-0.1, -0.05) is 42.5 Å². The van der Waals surface area contributed by atoms with Crippen molar-refractivity contribution in [3.63, 3.8) is 0 Å². The molecule has 0 radical (unpaired) electrons. The first kappa shape index (κ1) is 19.6. The second-order valence-electron chi connectivity index (χ2n) is 6.28. The molecule has 0 spiro atoms. The second kappa shape index (κ2) is 9.66. The number of hydrogen-bond donors (Lipinski definition) is 3. The van der Waals surface area contributed by atoms with Crippen molar-refractivity contribution in [3.05, 3.63) is 70.4 Å². The zero-order valence-electron chi connectivity index (χ0n) is 15.2. The summed E-state index contributed by atoms with van der Waals surface area (Å²) in [7, 11) is 0. The van der Waals surface area contributed by atoms with Gasteiger partial charge in [0.1, 0.15) is 0 Å². The van der Waals surface area contributed by atoms with Crippen LogP contribution in [0.5, 0.6) is 0 Å². The van der Waals surface area contributed by atoms with Crippen LogP contribution in [0.15, 0.2) is 59.3 Å². The predicted molar refractivity (Wildman–Crippen MR) is 110 cm³/mol. The summed E-state index contributed by atoms with van der Waals surface area (Å²) in [6.45, 7) is 0.395. The predicted octanol–water partition coefficient (Wildman–Crippen LogP) is 2.80. The van der Waals surface area contributed by atoms with E-state index >= 15 is 0 Å². The van der Waals surface area contributed by atoms with Gasteiger partial charge in [0.25, 0.3) is 5.91 Å².